The molecular weight excluding hydrogens is 196 g/mol. The van der Waals surface area contributed by atoms with E-state index in [-0.39, 0.29) is 5.54 Å². The highest BCUT2D eigenvalue weighted by Crippen LogP contribution is 2.54. The average molecular weight is 224 g/mol. The monoisotopic (exact) mass is 224 g/mol. The van der Waals surface area contributed by atoms with Crippen molar-refractivity contribution in [2.75, 3.05) is 19.6 Å². The third-order valence-corrected chi connectivity index (χ3v) is 3.96. The molecule has 2 rings (SSSR count). The van der Waals surface area contributed by atoms with Crippen LogP contribution in [0.15, 0.2) is 0 Å². The fourth-order valence-corrected chi connectivity index (χ4v) is 2.99. The molecule has 2 fully saturated rings. The predicted octanol–water partition coefficient (Wildman–Crippen LogP) is 2.40. The molecule has 2 unspecified atom stereocenters. The van der Waals surface area contributed by atoms with E-state index in [4.69, 9.17) is 0 Å². The smallest absolute Gasteiger partial charge is 0.00965 e. The molecule has 0 amide bonds. The molecule has 0 aromatic carbocycles. The summed E-state index contributed by atoms with van der Waals surface area (Å²) in [6, 6.07) is 0. The van der Waals surface area contributed by atoms with Crippen molar-refractivity contribution in [3.63, 3.8) is 0 Å². The molecule has 2 N–H and O–H groups in total. The zero-order valence-corrected chi connectivity index (χ0v) is 11.2. The van der Waals surface area contributed by atoms with E-state index in [0.29, 0.717) is 0 Å². The Hall–Kier alpha value is -0.0800. The van der Waals surface area contributed by atoms with E-state index in [0.717, 1.165) is 24.3 Å². The Labute approximate surface area is 101 Å². The second-order valence-electron chi connectivity index (χ2n) is 6.83. The van der Waals surface area contributed by atoms with Crippen LogP contribution in [0.1, 0.15) is 46.5 Å². The average Bonchev–Trinajstić information content (AvgIpc) is 2.78. The summed E-state index contributed by atoms with van der Waals surface area (Å²) in [4.78, 5) is 0. The summed E-state index contributed by atoms with van der Waals surface area (Å²) in [5.41, 5.74) is 0.271. The number of fused-ring (bicyclic) bond motifs is 1. The summed E-state index contributed by atoms with van der Waals surface area (Å²) in [6.45, 7) is 10.3. The molecule has 16 heavy (non-hydrogen) atoms. The summed E-state index contributed by atoms with van der Waals surface area (Å²) < 4.78 is 0. The first-order chi connectivity index (χ1) is 7.54. The Balaban J connectivity index is 1.41. The van der Waals surface area contributed by atoms with Crippen LogP contribution >= 0.6 is 0 Å². The SMILES string of the molecule is CC(C)(C)NCCCNCC1CC2CC2C1. The molecule has 0 radical (unpaired) electrons. The van der Waals surface area contributed by atoms with Crippen molar-refractivity contribution in [3.05, 3.63) is 0 Å². The Morgan fingerprint density at radius 2 is 1.69 bits per heavy atom. The van der Waals surface area contributed by atoms with E-state index in [1.165, 1.54) is 32.4 Å². The largest absolute Gasteiger partial charge is 0.316 e. The van der Waals surface area contributed by atoms with Gasteiger partial charge in [-0.25, -0.2) is 0 Å². The van der Waals surface area contributed by atoms with Crippen molar-refractivity contribution < 1.29 is 0 Å². The summed E-state index contributed by atoms with van der Waals surface area (Å²) in [5, 5.41) is 7.14. The zero-order chi connectivity index (χ0) is 11.6. The fourth-order valence-electron chi connectivity index (χ4n) is 2.99. The third-order valence-electron chi connectivity index (χ3n) is 3.96. The number of rotatable bonds is 6. The van der Waals surface area contributed by atoms with Crippen molar-refractivity contribution >= 4 is 0 Å². The molecule has 0 saturated heterocycles. The van der Waals surface area contributed by atoms with Gasteiger partial charge in [-0.1, -0.05) is 0 Å². The first kappa shape index (κ1) is 12.4. The van der Waals surface area contributed by atoms with Gasteiger partial charge in [0.25, 0.3) is 0 Å². The highest BCUT2D eigenvalue weighted by Gasteiger charge is 2.45. The van der Waals surface area contributed by atoms with Gasteiger partial charge in [0.1, 0.15) is 0 Å². The Kier molecular flexibility index (Phi) is 3.91. The minimum absolute atomic E-state index is 0.271. The van der Waals surface area contributed by atoms with Crippen molar-refractivity contribution in [1.82, 2.24) is 10.6 Å². The van der Waals surface area contributed by atoms with Crippen LogP contribution in [0.4, 0.5) is 0 Å². The fraction of sp³-hybridized carbons (Fsp3) is 1.00. The molecule has 0 aliphatic heterocycles. The lowest BCUT2D eigenvalue weighted by atomic mass is 10.0. The number of hydrogen-bond acceptors (Lipinski definition) is 2. The van der Waals surface area contributed by atoms with Crippen molar-refractivity contribution in [1.29, 1.82) is 0 Å². The van der Waals surface area contributed by atoms with Crippen molar-refractivity contribution in [3.8, 4) is 0 Å². The van der Waals surface area contributed by atoms with Gasteiger partial charge in [0.05, 0.1) is 0 Å². The summed E-state index contributed by atoms with van der Waals surface area (Å²) in [6.07, 6.45) is 5.82. The van der Waals surface area contributed by atoms with Crippen LogP contribution in [0.3, 0.4) is 0 Å². The highest BCUT2D eigenvalue weighted by atomic mass is 14.9. The minimum atomic E-state index is 0.271. The van der Waals surface area contributed by atoms with Crippen LogP contribution in [0.5, 0.6) is 0 Å². The molecule has 2 aliphatic carbocycles. The second kappa shape index (κ2) is 5.05. The lowest BCUT2D eigenvalue weighted by Gasteiger charge is -2.20. The number of hydrogen-bond donors (Lipinski definition) is 2. The van der Waals surface area contributed by atoms with Crippen molar-refractivity contribution in [2.45, 2.75) is 52.0 Å². The first-order valence-electron chi connectivity index (χ1n) is 7.00. The van der Waals surface area contributed by atoms with E-state index in [9.17, 15) is 0 Å². The van der Waals surface area contributed by atoms with Crippen LogP contribution in [-0.2, 0) is 0 Å². The molecule has 2 heteroatoms. The molecule has 94 valence electrons. The maximum atomic E-state index is 3.61. The molecule has 0 aromatic heterocycles. The number of nitrogens with one attached hydrogen (secondary N) is 2. The van der Waals surface area contributed by atoms with Crippen molar-refractivity contribution in [2.24, 2.45) is 17.8 Å². The summed E-state index contributed by atoms with van der Waals surface area (Å²) in [7, 11) is 0. The van der Waals surface area contributed by atoms with E-state index in [1.807, 2.05) is 0 Å². The predicted molar refractivity (Wildman–Crippen MR) is 69.6 cm³/mol. The van der Waals surface area contributed by atoms with Gasteiger partial charge in [-0.05, 0) is 83.8 Å². The lowest BCUT2D eigenvalue weighted by Crippen LogP contribution is -2.37. The minimum Gasteiger partial charge on any atom is -0.316 e. The summed E-state index contributed by atoms with van der Waals surface area (Å²) >= 11 is 0. The normalized spacial score (nSPS) is 32.8. The topological polar surface area (TPSA) is 24.1 Å². The van der Waals surface area contributed by atoms with Gasteiger partial charge in [0, 0.05) is 5.54 Å². The van der Waals surface area contributed by atoms with E-state index < -0.39 is 0 Å². The third kappa shape index (κ3) is 4.06. The molecule has 2 nitrogen and oxygen atoms in total. The molecule has 2 atom stereocenters. The van der Waals surface area contributed by atoms with Gasteiger partial charge in [0.15, 0.2) is 0 Å². The maximum absolute atomic E-state index is 3.61. The molecular formula is C14H28N2. The van der Waals surface area contributed by atoms with Gasteiger partial charge in [0.2, 0.25) is 0 Å². The lowest BCUT2D eigenvalue weighted by molar-refractivity contribution is 0.407. The second-order valence-corrected chi connectivity index (χ2v) is 6.83. The standard InChI is InChI=1S/C14H28N2/c1-14(2,3)16-6-4-5-15-10-11-7-12-9-13(12)8-11/h11-13,15-16H,4-10H2,1-3H3. The molecule has 0 bridgehead atoms. The van der Waals surface area contributed by atoms with Crippen LogP contribution < -0.4 is 10.6 Å². The van der Waals surface area contributed by atoms with Crippen LogP contribution in [0, 0.1) is 17.8 Å². The van der Waals surface area contributed by atoms with Crippen LogP contribution in [0.2, 0.25) is 0 Å². The molecule has 0 spiro atoms. The van der Waals surface area contributed by atoms with E-state index in [2.05, 4.69) is 31.4 Å². The van der Waals surface area contributed by atoms with E-state index in [1.54, 1.807) is 6.42 Å². The van der Waals surface area contributed by atoms with Gasteiger partial charge in [-0.3, -0.25) is 0 Å². The van der Waals surface area contributed by atoms with Crippen LogP contribution in [-0.4, -0.2) is 25.2 Å². The Bertz CT molecular complexity index is 209. The quantitative estimate of drug-likeness (QED) is 0.677. The first-order valence-corrected chi connectivity index (χ1v) is 7.00. The Morgan fingerprint density at radius 3 is 2.31 bits per heavy atom. The van der Waals surface area contributed by atoms with E-state index >= 15 is 0 Å². The summed E-state index contributed by atoms with van der Waals surface area (Å²) in [5.74, 6) is 3.27. The van der Waals surface area contributed by atoms with Gasteiger partial charge >= 0.3 is 0 Å². The van der Waals surface area contributed by atoms with Crippen LogP contribution in [0.25, 0.3) is 0 Å². The maximum Gasteiger partial charge on any atom is 0.00965 e. The molecule has 0 heterocycles. The van der Waals surface area contributed by atoms with Gasteiger partial charge < -0.3 is 10.6 Å². The zero-order valence-electron chi connectivity index (χ0n) is 11.2. The molecule has 2 aliphatic rings. The molecule has 2 saturated carbocycles. The van der Waals surface area contributed by atoms with Gasteiger partial charge in [-0.2, -0.15) is 0 Å². The van der Waals surface area contributed by atoms with Gasteiger partial charge in [-0.15, -0.1) is 0 Å². The Morgan fingerprint density at radius 1 is 1.00 bits per heavy atom. The molecule has 0 aromatic rings. The highest BCUT2D eigenvalue weighted by molar-refractivity contribution is 4.96.